The Morgan fingerprint density at radius 1 is 1.36 bits per heavy atom. The highest BCUT2D eigenvalue weighted by molar-refractivity contribution is 7.16. The molecule has 10 heteroatoms. The van der Waals surface area contributed by atoms with Crippen LogP contribution in [0, 0.1) is 10.1 Å². The third-order valence-electron chi connectivity index (χ3n) is 3.38. The Morgan fingerprint density at radius 3 is 2.84 bits per heavy atom. The SMILES string of the molecule is CCc1nn2c(=O)cc(COc3ccc(OC)cc3[N+](=O)[O-])nc2s1. The molecule has 0 unspecified atom stereocenters. The monoisotopic (exact) mass is 362 g/mol. The lowest BCUT2D eigenvalue weighted by molar-refractivity contribution is -0.386. The molecule has 0 aliphatic rings. The van der Waals surface area contributed by atoms with Gasteiger partial charge in [0.05, 0.1) is 23.8 Å². The summed E-state index contributed by atoms with van der Waals surface area (Å²) >= 11 is 1.32. The molecule has 0 radical (unpaired) electrons. The van der Waals surface area contributed by atoms with Crippen molar-refractivity contribution in [3.05, 3.63) is 55.4 Å². The maximum atomic E-state index is 12.1. The van der Waals surface area contributed by atoms with Crippen LogP contribution < -0.4 is 15.0 Å². The third-order valence-corrected chi connectivity index (χ3v) is 4.43. The van der Waals surface area contributed by atoms with Crippen molar-refractivity contribution in [3.8, 4) is 11.5 Å². The number of ether oxygens (including phenoxy) is 2. The molecule has 0 saturated heterocycles. The van der Waals surface area contributed by atoms with Crippen molar-refractivity contribution in [2.45, 2.75) is 20.0 Å². The number of nitrogens with zero attached hydrogens (tertiary/aromatic N) is 4. The van der Waals surface area contributed by atoms with Gasteiger partial charge in [0.15, 0.2) is 5.75 Å². The fraction of sp³-hybridized carbons (Fsp3) is 0.267. The molecule has 0 fully saturated rings. The van der Waals surface area contributed by atoms with Crippen LogP contribution >= 0.6 is 11.3 Å². The van der Waals surface area contributed by atoms with E-state index >= 15 is 0 Å². The summed E-state index contributed by atoms with van der Waals surface area (Å²) in [5.41, 5.74) is -0.159. The van der Waals surface area contributed by atoms with Crippen molar-refractivity contribution in [1.29, 1.82) is 0 Å². The fourth-order valence-electron chi connectivity index (χ4n) is 2.15. The van der Waals surface area contributed by atoms with Gasteiger partial charge in [0.2, 0.25) is 4.96 Å². The molecule has 3 aromatic rings. The Labute approximate surface area is 145 Å². The van der Waals surface area contributed by atoms with Crippen molar-refractivity contribution in [2.75, 3.05) is 7.11 Å². The van der Waals surface area contributed by atoms with E-state index in [1.54, 1.807) is 6.07 Å². The summed E-state index contributed by atoms with van der Waals surface area (Å²) in [7, 11) is 1.42. The normalized spacial score (nSPS) is 10.8. The van der Waals surface area contributed by atoms with E-state index in [2.05, 4.69) is 10.1 Å². The van der Waals surface area contributed by atoms with Gasteiger partial charge in [-0.3, -0.25) is 14.9 Å². The van der Waals surface area contributed by atoms with Gasteiger partial charge < -0.3 is 9.47 Å². The van der Waals surface area contributed by atoms with Crippen LogP contribution in [0.15, 0.2) is 29.1 Å². The van der Waals surface area contributed by atoms with Crippen LogP contribution in [0.25, 0.3) is 4.96 Å². The van der Waals surface area contributed by atoms with Crippen molar-refractivity contribution >= 4 is 22.0 Å². The topological polar surface area (TPSA) is 109 Å². The first-order valence-electron chi connectivity index (χ1n) is 7.35. The maximum absolute atomic E-state index is 12.1. The number of hydrogen-bond acceptors (Lipinski definition) is 8. The molecule has 0 spiro atoms. The van der Waals surface area contributed by atoms with Gasteiger partial charge >= 0.3 is 5.69 Å². The Kier molecular flexibility index (Phi) is 4.61. The van der Waals surface area contributed by atoms with Crippen LogP contribution in [-0.2, 0) is 13.0 Å². The van der Waals surface area contributed by atoms with E-state index in [0.29, 0.717) is 22.8 Å². The Hall–Kier alpha value is -3.01. The van der Waals surface area contributed by atoms with Gasteiger partial charge in [0.1, 0.15) is 17.4 Å². The molecule has 9 nitrogen and oxygen atoms in total. The molecule has 3 rings (SSSR count). The minimum atomic E-state index is -0.555. The quantitative estimate of drug-likeness (QED) is 0.488. The van der Waals surface area contributed by atoms with Crippen LogP contribution in [0.3, 0.4) is 0 Å². The Balaban J connectivity index is 1.88. The van der Waals surface area contributed by atoms with Crippen molar-refractivity contribution < 1.29 is 14.4 Å². The zero-order chi connectivity index (χ0) is 18.0. The van der Waals surface area contributed by atoms with E-state index in [0.717, 1.165) is 5.01 Å². The van der Waals surface area contributed by atoms with Crippen molar-refractivity contribution in [3.63, 3.8) is 0 Å². The Bertz CT molecular complexity index is 997. The number of fused-ring (bicyclic) bond motifs is 1. The number of nitro groups is 1. The maximum Gasteiger partial charge on any atom is 0.314 e. The molecule has 0 N–H and O–H groups in total. The van der Waals surface area contributed by atoms with E-state index in [4.69, 9.17) is 9.47 Å². The molecule has 0 bridgehead atoms. The van der Waals surface area contributed by atoms with E-state index in [9.17, 15) is 14.9 Å². The molecule has 130 valence electrons. The van der Waals surface area contributed by atoms with Gasteiger partial charge in [-0.15, -0.1) is 0 Å². The van der Waals surface area contributed by atoms with E-state index in [1.165, 1.54) is 41.2 Å². The van der Waals surface area contributed by atoms with E-state index < -0.39 is 4.92 Å². The highest BCUT2D eigenvalue weighted by Crippen LogP contribution is 2.31. The number of nitro benzene ring substituents is 1. The minimum Gasteiger partial charge on any atom is -0.496 e. The second-order valence-corrected chi connectivity index (χ2v) is 6.05. The van der Waals surface area contributed by atoms with Crippen LogP contribution in [0.5, 0.6) is 11.5 Å². The molecule has 25 heavy (non-hydrogen) atoms. The first-order valence-corrected chi connectivity index (χ1v) is 8.17. The van der Waals surface area contributed by atoms with Crippen LogP contribution in [-0.4, -0.2) is 26.6 Å². The van der Waals surface area contributed by atoms with Gasteiger partial charge in [-0.1, -0.05) is 18.3 Å². The highest BCUT2D eigenvalue weighted by Gasteiger charge is 2.17. The third kappa shape index (κ3) is 3.43. The summed E-state index contributed by atoms with van der Waals surface area (Å²) in [4.78, 5) is 27.5. The molecule has 1 aromatic carbocycles. The van der Waals surface area contributed by atoms with E-state index in [-0.39, 0.29) is 23.6 Å². The number of aromatic nitrogens is 3. The first kappa shape index (κ1) is 16.8. The number of aryl methyl sites for hydroxylation is 1. The number of hydrogen-bond donors (Lipinski definition) is 0. The average Bonchev–Trinajstić information content (AvgIpc) is 3.03. The fourth-order valence-corrected chi connectivity index (χ4v) is 3.01. The van der Waals surface area contributed by atoms with Crippen LogP contribution in [0.2, 0.25) is 0 Å². The molecule has 0 aliphatic carbocycles. The zero-order valence-electron chi connectivity index (χ0n) is 13.5. The summed E-state index contributed by atoms with van der Waals surface area (Å²) in [5.74, 6) is 0.431. The minimum absolute atomic E-state index is 0.0712. The summed E-state index contributed by atoms with van der Waals surface area (Å²) in [6.07, 6.45) is 0.706. The lowest BCUT2D eigenvalue weighted by Crippen LogP contribution is -2.16. The van der Waals surface area contributed by atoms with Gasteiger partial charge in [-0.25, -0.2) is 4.98 Å². The predicted octanol–water partition coefficient (Wildman–Crippen LogP) is 2.21. The molecule has 0 saturated carbocycles. The Morgan fingerprint density at radius 2 is 2.16 bits per heavy atom. The second kappa shape index (κ2) is 6.85. The summed E-state index contributed by atoms with van der Waals surface area (Å²) in [6, 6.07) is 5.59. The molecule has 0 amide bonds. The average molecular weight is 362 g/mol. The predicted molar refractivity (Wildman–Crippen MR) is 90.5 cm³/mol. The first-order chi connectivity index (χ1) is 12.0. The molecule has 2 aromatic heterocycles. The number of methoxy groups -OCH3 is 1. The standard InChI is InChI=1S/C15H14N4O5S/c1-3-13-17-18-14(20)6-9(16-15(18)25-13)8-24-12-5-4-10(23-2)7-11(12)19(21)22/h4-7H,3,8H2,1-2H3. The molecule has 0 atom stereocenters. The number of rotatable bonds is 6. The molecule has 0 aliphatic heterocycles. The summed E-state index contributed by atoms with van der Waals surface area (Å²) in [5, 5.41) is 16.1. The van der Waals surface area contributed by atoms with Gasteiger partial charge in [0, 0.05) is 6.07 Å². The second-order valence-electron chi connectivity index (χ2n) is 5.01. The van der Waals surface area contributed by atoms with Gasteiger partial charge in [-0.05, 0) is 18.6 Å². The van der Waals surface area contributed by atoms with Crippen LogP contribution in [0.1, 0.15) is 17.6 Å². The van der Waals surface area contributed by atoms with Crippen LogP contribution in [0.4, 0.5) is 5.69 Å². The van der Waals surface area contributed by atoms with Crippen molar-refractivity contribution in [2.24, 2.45) is 0 Å². The molecular weight excluding hydrogens is 348 g/mol. The van der Waals surface area contributed by atoms with E-state index in [1.807, 2.05) is 6.92 Å². The largest absolute Gasteiger partial charge is 0.496 e. The smallest absolute Gasteiger partial charge is 0.314 e. The lowest BCUT2D eigenvalue weighted by Gasteiger charge is -2.07. The highest BCUT2D eigenvalue weighted by atomic mass is 32.1. The summed E-state index contributed by atoms with van der Waals surface area (Å²) in [6.45, 7) is 1.87. The van der Waals surface area contributed by atoms with Crippen molar-refractivity contribution in [1.82, 2.24) is 14.6 Å². The zero-order valence-corrected chi connectivity index (χ0v) is 14.3. The summed E-state index contributed by atoms with van der Waals surface area (Å²) < 4.78 is 11.7. The molecular formula is C15H14N4O5S. The van der Waals surface area contributed by atoms with Gasteiger partial charge in [0.25, 0.3) is 5.56 Å². The lowest BCUT2D eigenvalue weighted by atomic mass is 10.3. The van der Waals surface area contributed by atoms with Gasteiger partial charge in [-0.2, -0.15) is 9.61 Å². The number of benzene rings is 1. The molecule has 2 heterocycles.